The van der Waals surface area contributed by atoms with Crippen molar-refractivity contribution in [3.63, 3.8) is 0 Å². The predicted molar refractivity (Wildman–Crippen MR) is 108 cm³/mol. The Morgan fingerprint density at radius 3 is 2.43 bits per heavy atom. The molecule has 9 heteroatoms. The summed E-state index contributed by atoms with van der Waals surface area (Å²) in [6.45, 7) is 1.62. The lowest BCUT2D eigenvalue weighted by atomic mass is 9.88. The van der Waals surface area contributed by atoms with Crippen molar-refractivity contribution < 1.29 is 24.0 Å². The highest BCUT2D eigenvalue weighted by Gasteiger charge is 2.31. The van der Waals surface area contributed by atoms with Crippen molar-refractivity contribution in [2.75, 3.05) is 26.3 Å². The van der Waals surface area contributed by atoms with Crippen LogP contribution in [0.1, 0.15) is 33.6 Å². The molecular weight excluding hydrogens is 412 g/mol. The number of Topliss-reactive ketones (excluding diaryl/α,β-unsaturated/α-hetero) is 1. The molecule has 1 amide bonds. The van der Waals surface area contributed by atoms with Gasteiger partial charge in [-0.25, -0.2) is 0 Å². The van der Waals surface area contributed by atoms with Crippen LogP contribution in [0.2, 0.25) is 5.02 Å². The Bertz CT molecular complexity index is 1020. The highest BCUT2D eigenvalue weighted by Crippen LogP contribution is 2.33. The SMILES string of the molecule is O=C(c1ccc2c(c1)OCCO2)C1CCN(C(=O)c2ccc(Cl)cc2[N+](=O)[O-])CC1. The number of halogens is 1. The van der Waals surface area contributed by atoms with Crippen molar-refractivity contribution in [2.45, 2.75) is 12.8 Å². The van der Waals surface area contributed by atoms with Crippen LogP contribution >= 0.6 is 11.6 Å². The van der Waals surface area contributed by atoms with E-state index in [0.717, 1.165) is 0 Å². The quantitative estimate of drug-likeness (QED) is 0.416. The second-order valence-electron chi connectivity index (χ2n) is 7.21. The first-order valence-electron chi connectivity index (χ1n) is 9.61. The second kappa shape index (κ2) is 8.31. The maximum absolute atomic E-state index is 12.9. The lowest BCUT2D eigenvalue weighted by molar-refractivity contribution is -0.385. The number of nitro benzene ring substituents is 1. The van der Waals surface area contributed by atoms with Gasteiger partial charge in [0.1, 0.15) is 18.8 Å². The topological polar surface area (TPSA) is 99.0 Å². The average Bonchev–Trinajstić information content (AvgIpc) is 2.78. The molecule has 0 atom stereocenters. The van der Waals surface area contributed by atoms with Crippen molar-refractivity contribution in [3.8, 4) is 11.5 Å². The van der Waals surface area contributed by atoms with Crippen molar-refractivity contribution in [2.24, 2.45) is 5.92 Å². The minimum atomic E-state index is -0.614. The van der Waals surface area contributed by atoms with E-state index >= 15 is 0 Å². The molecule has 0 aliphatic carbocycles. The molecule has 1 saturated heterocycles. The Hall–Kier alpha value is -3.13. The van der Waals surface area contributed by atoms with E-state index in [0.29, 0.717) is 56.2 Å². The Kier molecular flexibility index (Phi) is 5.59. The first kappa shape index (κ1) is 20.2. The number of nitrogens with zero attached hydrogens (tertiary/aromatic N) is 2. The lowest BCUT2D eigenvalue weighted by Crippen LogP contribution is -2.40. The number of fused-ring (bicyclic) bond motifs is 1. The van der Waals surface area contributed by atoms with Gasteiger partial charge in [0.2, 0.25) is 0 Å². The third kappa shape index (κ3) is 3.95. The zero-order valence-electron chi connectivity index (χ0n) is 16.0. The van der Waals surface area contributed by atoms with E-state index in [4.69, 9.17) is 21.1 Å². The number of benzene rings is 2. The van der Waals surface area contributed by atoms with E-state index in [9.17, 15) is 19.7 Å². The molecule has 8 nitrogen and oxygen atoms in total. The summed E-state index contributed by atoms with van der Waals surface area (Å²) in [5, 5.41) is 11.5. The molecule has 156 valence electrons. The molecule has 2 heterocycles. The fourth-order valence-corrected chi connectivity index (χ4v) is 3.95. The molecule has 2 aromatic rings. The zero-order chi connectivity index (χ0) is 21.3. The summed E-state index contributed by atoms with van der Waals surface area (Å²) >= 11 is 5.82. The predicted octanol–water partition coefficient (Wildman–Crippen LogP) is 3.75. The molecule has 0 radical (unpaired) electrons. The van der Waals surface area contributed by atoms with Crippen LogP contribution in [0.3, 0.4) is 0 Å². The average molecular weight is 431 g/mol. The van der Waals surface area contributed by atoms with Gasteiger partial charge < -0.3 is 14.4 Å². The van der Waals surface area contributed by atoms with E-state index in [1.165, 1.54) is 18.2 Å². The molecular formula is C21H19ClN2O6. The van der Waals surface area contributed by atoms with Crippen LogP contribution in [0.15, 0.2) is 36.4 Å². The first-order chi connectivity index (χ1) is 14.4. The van der Waals surface area contributed by atoms with Crippen LogP contribution in [0.5, 0.6) is 11.5 Å². The number of nitro groups is 1. The van der Waals surface area contributed by atoms with E-state index < -0.39 is 10.8 Å². The maximum atomic E-state index is 12.9. The fraction of sp³-hybridized carbons (Fsp3) is 0.333. The van der Waals surface area contributed by atoms with Gasteiger partial charge >= 0.3 is 0 Å². The van der Waals surface area contributed by atoms with Gasteiger partial charge in [-0.2, -0.15) is 0 Å². The molecule has 30 heavy (non-hydrogen) atoms. The van der Waals surface area contributed by atoms with Gasteiger partial charge in [0.05, 0.1) is 4.92 Å². The molecule has 2 aromatic carbocycles. The summed E-state index contributed by atoms with van der Waals surface area (Å²) in [7, 11) is 0. The third-order valence-electron chi connectivity index (χ3n) is 5.37. The van der Waals surface area contributed by atoms with E-state index in [1.54, 1.807) is 23.1 Å². The van der Waals surface area contributed by atoms with Gasteiger partial charge in [0.15, 0.2) is 17.3 Å². The minimum absolute atomic E-state index is 0.000938. The van der Waals surface area contributed by atoms with E-state index in [2.05, 4.69) is 0 Å². The lowest BCUT2D eigenvalue weighted by Gasteiger charge is -2.31. The Morgan fingerprint density at radius 2 is 1.73 bits per heavy atom. The van der Waals surface area contributed by atoms with Gasteiger partial charge in [0, 0.05) is 35.7 Å². The third-order valence-corrected chi connectivity index (χ3v) is 5.60. The molecule has 2 aliphatic heterocycles. The standard InChI is InChI=1S/C21H19ClN2O6/c22-15-2-3-16(17(12-15)24(27)28)21(26)23-7-5-13(6-8-23)20(25)14-1-4-18-19(11-14)30-10-9-29-18/h1-4,11-13H,5-10H2. The highest BCUT2D eigenvalue weighted by atomic mass is 35.5. The summed E-state index contributed by atoms with van der Waals surface area (Å²) in [5.41, 5.74) is 0.236. The number of rotatable bonds is 4. The smallest absolute Gasteiger partial charge is 0.283 e. The summed E-state index contributed by atoms with van der Waals surface area (Å²) in [6.07, 6.45) is 0.973. The van der Waals surface area contributed by atoms with Crippen molar-refractivity contribution in [1.82, 2.24) is 4.90 Å². The van der Waals surface area contributed by atoms with Crippen LogP contribution < -0.4 is 9.47 Å². The summed E-state index contributed by atoms with van der Waals surface area (Å²) in [5.74, 6) is 0.537. The number of ether oxygens (including phenoxy) is 2. The van der Waals surface area contributed by atoms with Crippen molar-refractivity contribution in [1.29, 1.82) is 0 Å². The molecule has 4 rings (SSSR count). The number of carbonyl (C=O) groups excluding carboxylic acids is 2. The van der Waals surface area contributed by atoms with E-state index in [1.807, 2.05) is 0 Å². The normalized spacial score (nSPS) is 16.2. The monoisotopic (exact) mass is 430 g/mol. The van der Waals surface area contributed by atoms with Gasteiger partial charge in [0.25, 0.3) is 11.6 Å². The molecule has 0 unspecified atom stereocenters. The number of likely N-dealkylation sites (tertiary alicyclic amines) is 1. The molecule has 0 N–H and O–H groups in total. The molecule has 0 spiro atoms. The zero-order valence-corrected chi connectivity index (χ0v) is 16.8. The highest BCUT2D eigenvalue weighted by molar-refractivity contribution is 6.31. The number of hydrogen-bond donors (Lipinski definition) is 0. The second-order valence-corrected chi connectivity index (χ2v) is 7.64. The number of ketones is 1. The summed E-state index contributed by atoms with van der Waals surface area (Å²) < 4.78 is 11.0. The van der Waals surface area contributed by atoms with Crippen molar-refractivity contribution >= 4 is 29.0 Å². The van der Waals surface area contributed by atoms with Crippen LogP contribution in [-0.2, 0) is 0 Å². The molecule has 0 saturated carbocycles. The summed E-state index contributed by atoms with van der Waals surface area (Å²) in [6, 6.07) is 9.16. The Labute approximate surface area is 177 Å². The molecule has 1 fully saturated rings. The Balaban J connectivity index is 1.43. The van der Waals surface area contributed by atoms with Crippen LogP contribution in [0.4, 0.5) is 5.69 Å². The molecule has 0 bridgehead atoms. The largest absolute Gasteiger partial charge is 0.486 e. The van der Waals surface area contributed by atoms with Gasteiger partial charge in [-0.1, -0.05) is 11.6 Å². The first-order valence-corrected chi connectivity index (χ1v) is 9.99. The Morgan fingerprint density at radius 1 is 1.03 bits per heavy atom. The fourth-order valence-electron chi connectivity index (χ4n) is 3.78. The van der Waals surface area contributed by atoms with Gasteiger partial charge in [-0.05, 0) is 43.2 Å². The van der Waals surface area contributed by atoms with Crippen LogP contribution in [0, 0.1) is 16.0 Å². The van der Waals surface area contributed by atoms with Crippen molar-refractivity contribution in [3.05, 3.63) is 62.7 Å². The molecule has 0 aromatic heterocycles. The number of amides is 1. The molecule has 2 aliphatic rings. The van der Waals surface area contributed by atoms with Crippen LogP contribution in [-0.4, -0.2) is 47.8 Å². The van der Waals surface area contributed by atoms with Gasteiger partial charge in [-0.3, -0.25) is 19.7 Å². The number of hydrogen-bond acceptors (Lipinski definition) is 6. The van der Waals surface area contributed by atoms with Gasteiger partial charge in [-0.15, -0.1) is 0 Å². The van der Waals surface area contributed by atoms with Crippen LogP contribution in [0.25, 0.3) is 0 Å². The maximum Gasteiger partial charge on any atom is 0.283 e. The van der Waals surface area contributed by atoms with E-state index in [-0.39, 0.29) is 28.0 Å². The number of piperidine rings is 1. The minimum Gasteiger partial charge on any atom is -0.486 e. The summed E-state index contributed by atoms with van der Waals surface area (Å²) in [4.78, 5) is 37.9. The number of carbonyl (C=O) groups is 2.